The van der Waals surface area contributed by atoms with Crippen LogP contribution in [0, 0.1) is 6.92 Å². The topological polar surface area (TPSA) is 79.2 Å². The van der Waals surface area contributed by atoms with Gasteiger partial charge in [0.1, 0.15) is 28.7 Å². The first-order valence-electron chi connectivity index (χ1n) is 12.0. The summed E-state index contributed by atoms with van der Waals surface area (Å²) in [5.41, 5.74) is 4.23. The summed E-state index contributed by atoms with van der Waals surface area (Å²) in [5, 5.41) is 2.80. The number of hydrogen-bond donors (Lipinski definition) is 1. The molecule has 1 heterocycles. The van der Waals surface area contributed by atoms with Crippen molar-refractivity contribution >= 4 is 11.6 Å². The van der Waals surface area contributed by atoms with Gasteiger partial charge in [0.15, 0.2) is 5.76 Å². The second kappa shape index (κ2) is 9.45. The lowest BCUT2D eigenvalue weighted by Gasteiger charge is -2.42. The lowest BCUT2D eigenvalue weighted by atomic mass is 9.63. The summed E-state index contributed by atoms with van der Waals surface area (Å²) in [7, 11) is 4.56. The largest absolute Gasteiger partial charge is 0.496 e. The highest BCUT2D eigenvalue weighted by molar-refractivity contribution is 6.04. The van der Waals surface area contributed by atoms with Crippen molar-refractivity contribution in [2.75, 3.05) is 26.6 Å². The van der Waals surface area contributed by atoms with Gasteiger partial charge in [-0.25, -0.2) is 0 Å². The standard InChI is InChI=1S/C29H35NO6/c1-17-13-19-20(29(4,5)12-11-28(19,2)3)16-22(17)36-25-10-9-21(35-25)27(31)30-26-23(33-7)14-18(32-6)15-24(26)34-8/h9-10,13-16H,11-12H2,1-8H3,(H,30,31). The number of hydrogen-bond acceptors (Lipinski definition) is 6. The van der Waals surface area contributed by atoms with E-state index in [1.165, 1.54) is 25.3 Å². The van der Waals surface area contributed by atoms with Gasteiger partial charge >= 0.3 is 0 Å². The molecule has 1 aromatic heterocycles. The highest BCUT2D eigenvalue weighted by atomic mass is 16.6. The molecule has 1 aliphatic carbocycles. The Morgan fingerprint density at radius 1 is 0.833 bits per heavy atom. The van der Waals surface area contributed by atoms with Crippen molar-refractivity contribution in [1.82, 2.24) is 0 Å². The number of amides is 1. The predicted octanol–water partition coefficient (Wildman–Crippen LogP) is 7.01. The van der Waals surface area contributed by atoms with Gasteiger partial charge in [0.05, 0.1) is 21.3 Å². The van der Waals surface area contributed by atoms with Crippen molar-refractivity contribution in [2.24, 2.45) is 0 Å². The van der Waals surface area contributed by atoms with Crippen molar-refractivity contribution in [3.8, 4) is 28.9 Å². The van der Waals surface area contributed by atoms with E-state index in [-0.39, 0.29) is 22.5 Å². The number of furan rings is 1. The first-order valence-corrected chi connectivity index (χ1v) is 12.0. The lowest BCUT2D eigenvalue weighted by Crippen LogP contribution is -2.33. The Kier molecular flexibility index (Phi) is 6.69. The predicted molar refractivity (Wildman–Crippen MR) is 139 cm³/mol. The van der Waals surface area contributed by atoms with Crippen LogP contribution in [0.1, 0.15) is 67.8 Å². The summed E-state index contributed by atoms with van der Waals surface area (Å²) in [6, 6.07) is 10.9. The number of aryl methyl sites for hydroxylation is 1. The van der Waals surface area contributed by atoms with Crippen molar-refractivity contribution in [1.29, 1.82) is 0 Å². The molecule has 36 heavy (non-hydrogen) atoms. The van der Waals surface area contributed by atoms with E-state index < -0.39 is 5.91 Å². The number of methoxy groups -OCH3 is 3. The van der Waals surface area contributed by atoms with E-state index in [1.54, 1.807) is 31.4 Å². The van der Waals surface area contributed by atoms with Crippen LogP contribution in [0.5, 0.6) is 28.9 Å². The summed E-state index contributed by atoms with van der Waals surface area (Å²) in [6.45, 7) is 11.2. The van der Waals surface area contributed by atoms with E-state index in [4.69, 9.17) is 23.4 Å². The fourth-order valence-electron chi connectivity index (χ4n) is 4.72. The van der Waals surface area contributed by atoms with Crippen LogP contribution >= 0.6 is 0 Å². The molecule has 7 heteroatoms. The first-order chi connectivity index (χ1) is 17.0. The Balaban J connectivity index is 1.58. The molecule has 0 saturated carbocycles. The van der Waals surface area contributed by atoms with Gasteiger partial charge in [0, 0.05) is 18.2 Å². The smallest absolute Gasteiger partial charge is 0.291 e. The molecule has 0 saturated heterocycles. The van der Waals surface area contributed by atoms with Gasteiger partial charge in [0.2, 0.25) is 0 Å². The van der Waals surface area contributed by atoms with E-state index in [2.05, 4.69) is 45.1 Å². The molecule has 4 rings (SSSR count). The number of carbonyl (C=O) groups excluding carboxylic acids is 1. The van der Waals surface area contributed by atoms with Crippen LogP contribution in [0.15, 0.2) is 40.8 Å². The van der Waals surface area contributed by atoms with Gasteiger partial charge in [-0.3, -0.25) is 4.79 Å². The highest BCUT2D eigenvalue weighted by Gasteiger charge is 2.37. The Morgan fingerprint density at radius 3 is 1.97 bits per heavy atom. The number of nitrogens with one attached hydrogen (secondary N) is 1. The number of ether oxygens (including phenoxy) is 4. The van der Waals surface area contributed by atoms with Crippen molar-refractivity contribution in [3.05, 3.63) is 58.8 Å². The molecular weight excluding hydrogens is 458 g/mol. The van der Waals surface area contributed by atoms with Crippen LogP contribution in [0.25, 0.3) is 0 Å². The van der Waals surface area contributed by atoms with Gasteiger partial charge < -0.3 is 28.7 Å². The van der Waals surface area contributed by atoms with Gasteiger partial charge in [-0.05, 0) is 59.4 Å². The second-order valence-electron chi connectivity index (χ2n) is 10.5. The molecule has 3 aromatic rings. The Hall–Kier alpha value is -3.61. The summed E-state index contributed by atoms with van der Waals surface area (Å²) < 4.78 is 28.0. The third-order valence-electron chi connectivity index (χ3n) is 7.12. The average molecular weight is 494 g/mol. The number of benzene rings is 2. The average Bonchev–Trinajstić information content (AvgIpc) is 3.31. The van der Waals surface area contributed by atoms with E-state index in [1.807, 2.05) is 6.92 Å². The van der Waals surface area contributed by atoms with E-state index in [0.717, 1.165) is 24.2 Å². The summed E-state index contributed by atoms with van der Waals surface area (Å²) >= 11 is 0. The Morgan fingerprint density at radius 2 is 1.42 bits per heavy atom. The molecular formula is C29H35NO6. The van der Waals surface area contributed by atoms with Crippen LogP contribution in [0.2, 0.25) is 0 Å². The SMILES string of the molecule is COc1cc(OC)c(NC(=O)c2ccc(Oc3cc4c(cc3C)C(C)(C)CCC4(C)C)o2)c(OC)c1. The van der Waals surface area contributed by atoms with Gasteiger partial charge in [0.25, 0.3) is 11.9 Å². The monoisotopic (exact) mass is 493 g/mol. The molecule has 1 aliphatic rings. The number of rotatable bonds is 7. The minimum absolute atomic E-state index is 0.0569. The van der Waals surface area contributed by atoms with E-state index in [0.29, 0.717) is 22.9 Å². The molecule has 0 atom stereocenters. The molecule has 1 amide bonds. The van der Waals surface area contributed by atoms with Gasteiger partial charge in [-0.1, -0.05) is 33.8 Å². The molecule has 1 N–H and O–H groups in total. The molecule has 0 spiro atoms. The molecule has 0 bridgehead atoms. The molecule has 0 unspecified atom stereocenters. The number of fused-ring (bicyclic) bond motifs is 1. The zero-order chi connectivity index (χ0) is 26.3. The van der Waals surface area contributed by atoms with Crippen molar-refractivity contribution in [2.45, 2.75) is 58.3 Å². The minimum Gasteiger partial charge on any atom is -0.496 e. The lowest BCUT2D eigenvalue weighted by molar-refractivity contribution is 0.0991. The van der Waals surface area contributed by atoms with Crippen LogP contribution in [-0.4, -0.2) is 27.2 Å². The Bertz CT molecular complexity index is 1260. The third kappa shape index (κ3) is 4.74. The molecule has 2 aromatic carbocycles. The normalized spacial score (nSPS) is 15.6. The zero-order valence-corrected chi connectivity index (χ0v) is 22.3. The second-order valence-corrected chi connectivity index (χ2v) is 10.5. The van der Waals surface area contributed by atoms with Gasteiger partial charge in [-0.2, -0.15) is 0 Å². The maximum atomic E-state index is 13.0. The fraction of sp³-hybridized carbons (Fsp3) is 0.414. The maximum absolute atomic E-state index is 13.0. The van der Waals surface area contributed by atoms with Crippen LogP contribution in [0.4, 0.5) is 5.69 Å². The minimum atomic E-state index is -0.461. The maximum Gasteiger partial charge on any atom is 0.291 e. The molecule has 7 nitrogen and oxygen atoms in total. The molecule has 0 radical (unpaired) electrons. The molecule has 0 fully saturated rings. The summed E-state index contributed by atoms with van der Waals surface area (Å²) in [4.78, 5) is 13.0. The molecule has 192 valence electrons. The summed E-state index contributed by atoms with van der Waals surface area (Å²) in [6.07, 6.45) is 2.26. The first kappa shape index (κ1) is 25.5. The number of anilines is 1. The third-order valence-corrected chi connectivity index (χ3v) is 7.12. The quantitative estimate of drug-likeness (QED) is 0.381. The van der Waals surface area contributed by atoms with Crippen LogP contribution < -0.4 is 24.3 Å². The van der Waals surface area contributed by atoms with Gasteiger partial charge in [-0.15, -0.1) is 0 Å². The fourth-order valence-corrected chi connectivity index (χ4v) is 4.72. The zero-order valence-electron chi connectivity index (χ0n) is 22.3. The highest BCUT2D eigenvalue weighted by Crippen LogP contribution is 2.48. The van der Waals surface area contributed by atoms with Crippen molar-refractivity contribution < 1.29 is 28.2 Å². The number of carbonyl (C=O) groups is 1. The van der Waals surface area contributed by atoms with Crippen LogP contribution in [0.3, 0.4) is 0 Å². The van der Waals surface area contributed by atoms with Crippen molar-refractivity contribution in [3.63, 3.8) is 0 Å². The Labute approximate surface area is 212 Å². The van der Waals surface area contributed by atoms with Crippen LogP contribution in [-0.2, 0) is 10.8 Å². The van der Waals surface area contributed by atoms with E-state index >= 15 is 0 Å². The summed E-state index contributed by atoms with van der Waals surface area (Å²) in [5.74, 6) is 1.95. The van der Waals surface area contributed by atoms with E-state index in [9.17, 15) is 4.79 Å². The molecule has 0 aliphatic heterocycles.